The molecule has 0 bridgehead atoms. The average Bonchev–Trinajstić information content (AvgIpc) is 2.89. The molecule has 2 aromatic rings. The van der Waals surface area contributed by atoms with Gasteiger partial charge in [0.05, 0.1) is 4.90 Å². The van der Waals surface area contributed by atoms with Crippen molar-refractivity contribution in [3.8, 4) is 0 Å². The molecule has 2 rings (SSSR count). The molecule has 0 radical (unpaired) electrons. The van der Waals surface area contributed by atoms with Crippen molar-refractivity contribution in [3.05, 3.63) is 51.7 Å². The molecule has 0 aliphatic rings. The third-order valence-electron chi connectivity index (χ3n) is 3.20. The van der Waals surface area contributed by atoms with Crippen LogP contribution in [-0.2, 0) is 23.1 Å². The molecule has 0 atom stereocenters. The molecule has 4 nitrogen and oxygen atoms in total. The standard InChI is InChI=1S/C15H20N2O2S2/c1-3-16-10-13-4-6-14(7-5-13)21(18,19)17-11-15-12(2)8-9-20-15/h4-9,16-17H,3,10-11H2,1-2H3. The summed E-state index contributed by atoms with van der Waals surface area (Å²) in [5.41, 5.74) is 2.19. The third-order valence-corrected chi connectivity index (χ3v) is 5.64. The highest BCUT2D eigenvalue weighted by Gasteiger charge is 2.14. The summed E-state index contributed by atoms with van der Waals surface area (Å²) in [4.78, 5) is 1.35. The lowest BCUT2D eigenvalue weighted by atomic mass is 10.2. The van der Waals surface area contributed by atoms with Gasteiger partial charge >= 0.3 is 0 Å². The molecule has 1 aromatic heterocycles. The maximum atomic E-state index is 12.2. The summed E-state index contributed by atoms with van der Waals surface area (Å²) < 4.78 is 27.1. The summed E-state index contributed by atoms with van der Waals surface area (Å²) >= 11 is 1.56. The second-order valence-electron chi connectivity index (χ2n) is 4.78. The van der Waals surface area contributed by atoms with Crippen LogP contribution in [0.25, 0.3) is 0 Å². The van der Waals surface area contributed by atoms with E-state index in [2.05, 4.69) is 10.0 Å². The lowest BCUT2D eigenvalue weighted by Crippen LogP contribution is -2.23. The summed E-state index contributed by atoms with van der Waals surface area (Å²) in [5, 5.41) is 5.18. The second-order valence-corrected chi connectivity index (χ2v) is 7.54. The predicted octanol–water partition coefficient (Wildman–Crippen LogP) is 2.64. The van der Waals surface area contributed by atoms with Gasteiger partial charge in [-0.3, -0.25) is 0 Å². The van der Waals surface area contributed by atoms with Crippen LogP contribution in [-0.4, -0.2) is 15.0 Å². The quantitative estimate of drug-likeness (QED) is 0.823. The van der Waals surface area contributed by atoms with Crippen molar-refractivity contribution < 1.29 is 8.42 Å². The minimum absolute atomic E-state index is 0.303. The van der Waals surface area contributed by atoms with Gasteiger partial charge in [0.25, 0.3) is 0 Å². The minimum atomic E-state index is -3.45. The lowest BCUT2D eigenvalue weighted by Gasteiger charge is -2.08. The van der Waals surface area contributed by atoms with E-state index in [0.29, 0.717) is 11.4 Å². The molecular weight excluding hydrogens is 304 g/mol. The Bertz CT molecular complexity index is 676. The fourth-order valence-electron chi connectivity index (χ4n) is 1.88. The number of rotatable bonds is 7. The molecule has 0 aliphatic carbocycles. The van der Waals surface area contributed by atoms with Gasteiger partial charge in [0.2, 0.25) is 10.0 Å². The van der Waals surface area contributed by atoms with E-state index in [1.54, 1.807) is 23.5 Å². The molecule has 6 heteroatoms. The number of nitrogens with one attached hydrogen (secondary N) is 2. The second kappa shape index (κ2) is 7.17. The summed E-state index contributed by atoms with van der Waals surface area (Å²) in [6.07, 6.45) is 0. The molecule has 0 saturated carbocycles. The van der Waals surface area contributed by atoms with Gasteiger partial charge in [-0.15, -0.1) is 11.3 Å². The van der Waals surface area contributed by atoms with Gasteiger partial charge in [0.1, 0.15) is 0 Å². The van der Waals surface area contributed by atoms with Crippen LogP contribution >= 0.6 is 11.3 Å². The Morgan fingerprint density at radius 1 is 1.10 bits per heavy atom. The molecule has 0 unspecified atom stereocenters. The van der Waals surface area contributed by atoms with Gasteiger partial charge in [-0.2, -0.15) is 0 Å². The van der Waals surface area contributed by atoms with E-state index >= 15 is 0 Å². The number of hydrogen-bond acceptors (Lipinski definition) is 4. The van der Waals surface area contributed by atoms with Crippen molar-refractivity contribution >= 4 is 21.4 Å². The molecule has 2 N–H and O–H groups in total. The van der Waals surface area contributed by atoms with Crippen LogP contribution in [0.5, 0.6) is 0 Å². The SMILES string of the molecule is CCNCc1ccc(S(=O)(=O)NCc2sccc2C)cc1. The largest absolute Gasteiger partial charge is 0.313 e. The molecular formula is C15H20N2O2S2. The summed E-state index contributed by atoms with van der Waals surface area (Å²) in [6, 6.07) is 8.97. The van der Waals surface area contributed by atoms with Crippen molar-refractivity contribution in [2.24, 2.45) is 0 Å². The molecule has 0 aliphatic heterocycles. The van der Waals surface area contributed by atoms with Crippen LogP contribution in [0.1, 0.15) is 22.9 Å². The predicted molar refractivity (Wildman–Crippen MR) is 86.9 cm³/mol. The van der Waals surface area contributed by atoms with Crippen molar-refractivity contribution in [3.63, 3.8) is 0 Å². The van der Waals surface area contributed by atoms with E-state index in [-0.39, 0.29) is 0 Å². The van der Waals surface area contributed by atoms with E-state index in [4.69, 9.17) is 0 Å². The molecule has 114 valence electrons. The molecule has 0 saturated heterocycles. The molecule has 0 fully saturated rings. The van der Waals surface area contributed by atoms with Crippen molar-refractivity contribution in [2.75, 3.05) is 6.54 Å². The van der Waals surface area contributed by atoms with E-state index in [0.717, 1.165) is 29.1 Å². The number of aryl methyl sites for hydroxylation is 1. The lowest BCUT2D eigenvalue weighted by molar-refractivity contribution is 0.581. The maximum Gasteiger partial charge on any atom is 0.240 e. The highest BCUT2D eigenvalue weighted by Crippen LogP contribution is 2.17. The number of hydrogen-bond donors (Lipinski definition) is 2. The van der Waals surface area contributed by atoms with Crippen LogP contribution in [0.4, 0.5) is 0 Å². The number of thiophene rings is 1. The van der Waals surface area contributed by atoms with Crippen LogP contribution in [0.15, 0.2) is 40.6 Å². The Morgan fingerprint density at radius 3 is 2.38 bits per heavy atom. The van der Waals surface area contributed by atoms with Crippen LogP contribution in [0, 0.1) is 6.92 Å². The normalized spacial score (nSPS) is 11.7. The van der Waals surface area contributed by atoms with Gasteiger partial charge in [0, 0.05) is 18.0 Å². The highest BCUT2D eigenvalue weighted by atomic mass is 32.2. The monoisotopic (exact) mass is 324 g/mol. The summed E-state index contributed by atoms with van der Waals surface area (Å²) in [5.74, 6) is 0. The molecule has 0 spiro atoms. The van der Waals surface area contributed by atoms with Crippen molar-refractivity contribution in [2.45, 2.75) is 31.8 Å². The van der Waals surface area contributed by atoms with Crippen LogP contribution < -0.4 is 10.0 Å². The Morgan fingerprint density at radius 2 is 1.81 bits per heavy atom. The third kappa shape index (κ3) is 4.38. The van der Waals surface area contributed by atoms with Gasteiger partial charge in [-0.05, 0) is 48.2 Å². The first-order valence-corrected chi connectivity index (χ1v) is 9.21. The zero-order valence-electron chi connectivity index (χ0n) is 12.2. The maximum absolute atomic E-state index is 12.2. The zero-order valence-corrected chi connectivity index (χ0v) is 13.9. The van der Waals surface area contributed by atoms with E-state index < -0.39 is 10.0 Å². The van der Waals surface area contributed by atoms with Crippen LogP contribution in [0.2, 0.25) is 0 Å². The van der Waals surface area contributed by atoms with E-state index in [1.807, 2.05) is 37.4 Å². The van der Waals surface area contributed by atoms with Gasteiger partial charge in [-0.25, -0.2) is 13.1 Å². The van der Waals surface area contributed by atoms with E-state index in [1.165, 1.54) is 0 Å². The first kappa shape index (κ1) is 16.2. The van der Waals surface area contributed by atoms with Gasteiger partial charge in [-0.1, -0.05) is 19.1 Å². The average molecular weight is 324 g/mol. The van der Waals surface area contributed by atoms with Crippen LogP contribution in [0.3, 0.4) is 0 Å². The topological polar surface area (TPSA) is 58.2 Å². The number of sulfonamides is 1. The Labute approximate surface area is 130 Å². The fraction of sp³-hybridized carbons (Fsp3) is 0.333. The Kier molecular flexibility index (Phi) is 5.52. The summed E-state index contributed by atoms with van der Waals surface area (Å²) in [7, 11) is -3.45. The van der Waals surface area contributed by atoms with Crippen molar-refractivity contribution in [1.82, 2.24) is 10.0 Å². The fourth-order valence-corrected chi connectivity index (χ4v) is 3.82. The van der Waals surface area contributed by atoms with Gasteiger partial charge in [0.15, 0.2) is 0 Å². The Hall–Kier alpha value is -1.21. The first-order chi connectivity index (χ1) is 10.0. The molecule has 1 aromatic carbocycles. The first-order valence-electron chi connectivity index (χ1n) is 6.85. The minimum Gasteiger partial charge on any atom is -0.313 e. The molecule has 0 amide bonds. The summed E-state index contributed by atoms with van der Waals surface area (Å²) in [6.45, 7) is 6.00. The van der Waals surface area contributed by atoms with Gasteiger partial charge < -0.3 is 5.32 Å². The molecule has 1 heterocycles. The smallest absolute Gasteiger partial charge is 0.240 e. The zero-order chi connectivity index (χ0) is 15.3. The number of benzene rings is 1. The van der Waals surface area contributed by atoms with Crippen molar-refractivity contribution in [1.29, 1.82) is 0 Å². The molecule has 21 heavy (non-hydrogen) atoms. The van der Waals surface area contributed by atoms with E-state index in [9.17, 15) is 8.42 Å². The Balaban J connectivity index is 2.03. The highest BCUT2D eigenvalue weighted by molar-refractivity contribution is 7.89.